The third-order valence-corrected chi connectivity index (χ3v) is 5.17. The normalized spacial score (nSPS) is 12.0. The predicted octanol–water partition coefficient (Wildman–Crippen LogP) is 2.95. The average molecular weight is 460 g/mol. The lowest BCUT2D eigenvalue weighted by Gasteiger charge is -2.18. The van der Waals surface area contributed by atoms with Crippen LogP contribution in [0.4, 0.5) is 30.2 Å². The van der Waals surface area contributed by atoms with Gasteiger partial charge in [0.15, 0.2) is 7.05 Å². The number of carbonyl (C=O) groups excluding carboxylic acids is 1. The monoisotopic (exact) mass is 460 g/mol. The highest BCUT2D eigenvalue weighted by molar-refractivity contribution is 6.05. The molecule has 0 aliphatic heterocycles. The molecule has 1 aromatic heterocycles. The van der Waals surface area contributed by atoms with Gasteiger partial charge in [0.25, 0.3) is 5.91 Å². The molecule has 3 aromatic rings. The minimum Gasteiger partial charge on any atom is -0.399 e. The van der Waals surface area contributed by atoms with Crippen LogP contribution in [0.15, 0.2) is 48.8 Å². The van der Waals surface area contributed by atoms with Gasteiger partial charge in [-0.15, -0.1) is 4.68 Å². The number of anilines is 3. The number of H-pyrrole nitrogens is 1. The van der Waals surface area contributed by atoms with Gasteiger partial charge in [0.1, 0.15) is 0 Å². The number of aromatic amines is 1. The van der Waals surface area contributed by atoms with Crippen LogP contribution in [-0.2, 0) is 13.2 Å². The van der Waals surface area contributed by atoms with Gasteiger partial charge in [0.05, 0.1) is 28.7 Å². The summed E-state index contributed by atoms with van der Waals surface area (Å²) in [7, 11) is 1.84. The molecule has 0 atom stereocenters. The van der Waals surface area contributed by atoms with Crippen molar-refractivity contribution in [1.82, 2.24) is 5.10 Å². The number of aryl methyl sites for hydroxylation is 2. The van der Waals surface area contributed by atoms with E-state index in [1.54, 1.807) is 29.9 Å². The highest BCUT2D eigenvalue weighted by atomic mass is 19.4. The summed E-state index contributed by atoms with van der Waals surface area (Å²) in [5, 5.41) is 6.75. The standard InChI is InChI=1S/C22H24F3N7O/c1-12-4-5-14(21(33)30-17-8-15(22(23,24)25)7-16(26)9-17)6-20(12)32(28)11-19(27)18-10-29-31(3)13(18)2/h4-11H,26-28H2,1-3H3,(H,30,33)/p+1/b19-11-. The van der Waals surface area contributed by atoms with Crippen LogP contribution < -0.4 is 32.3 Å². The molecule has 1 heterocycles. The summed E-state index contributed by atoms with van der Waals surface area (Å²) >= 11 is 0. The van der Waals surface area contributed by atoms with Crippen LogP contribution in [-0.4, -0.2) is 11.0 Å². The molecule has 0 bridgehead atoms. The molecule has 0 saturated heterocycles. The molecular weight excluding hydrogens is 435 g/mol. The Morgan fingerprint density at radius 1 is 1.18 bits per heavy atom. The SMILES string of the molecule is Cc1ccc(C(=O)Nc2cc(N)cc(C(F)(F)F)c2)cc1N(N)/C=C(\N)c1c[nH][n+](C)c1C. The van der Waals surface area contributed by atoms with Crippen molar-refractivity contribution >= 4 is 28.7 Å². The molecule has 0 saturated carbocycles. The van der Waals surface area contributed by atoms with Gasteiger partial charge in [0.2, 0.25) is 5.69 Å². The van der Waals surface area contributed by atoms with Crippen molar-refractivity contribution in [3.63, 3.8) is 0 Å². The number of hydrogen-bond donors (Lipinski definition) is 5. The number of hydrazine groups is 1. The van der Waals surface area contributed by atoms with Crippen molar-refractivity contribution < 1.29 is 22.6 Å². The van der Waals surface area contributed by atoms with E-state index < -0.39 is 17.6 Å². The number of nitrogens with one attached hydrogen (secondary N) is 2. The van der Waals surface area contributed by atoms with E-state index >= 15 is 0 Å². The van der Waals surface area contributed by atoms with Crippen molar-refractivity contribution in [3.05, 3.63) is 76.7 Å². The predicted molar refractivity (Wildman–Crippen MR) is 121 cm³/mol. The molecule has 0 radical (unpaired) electrons. The second-order valence-electron chi connectivity index (χ2n) is 7.62. The summed E-state index contributed by atoms with van der Waals surface area (Å²) < 4.78 is 40.9. The Balaban J connectivity index is 1.87. The minimum atomic E-state index is -4.59. The molecule has 3 rings (SSSR count). The van der Waals surface area contributed by atoms with Gasteiger partial charge in [-0.2, -0.15) is 18.3 Å². The summed E-state index contributed by atoms with van der Waals surface area (Å²) in [6.45, 7) is 3.69. The van der Waals surface area contributed by atoms with E-state index in [0.717, 1.165) is 29.0 Å². The second kappa shape index (κ2) is 8.87. The van der Waals surface area contributed by atoms with E-state index in [9.17, 15) is 18.0 Å². The van der Waals surface area contributed by atoms with E-state index in [2.05, 4.69) is 10.4 Å². The number of carbonyl (C=O) groups is 1. The maximum atomic E-state index is 13.0. The molecule has 2 aromatic carbocycles. The van der Waals surface area contributed by atoms with Gasteiger partial charge in [-0.1, -0.05) is 6.07 Å². The summed E-state index contributed by atoms with van der Waals surface area (Å²) in [6, 6.07) is 7.62. The third kappa shape index (κ3) is 5.26. The number of hydrogen-bond acceptors (Lipinski definition) is 5. The molecule has 174 valence electrons. The molecule has 0 aliphatic rings. The van der Waals surface area contributed by atoms with E-state index in [0.29, 0.717) is 11.4 Å². The number of nitrogens with zero attached hydrogens (tertiary/aromatic N) is 2. The van der Waals surface area contributed by atoms with Crippen LogP contribution in [0.1, 0.15) is 32.7 Å². The quantitative estimate of drug-likeness (QED) is 0.173. The van der Waals surface area contributed by atoms with Crippen LogP contribution in [0.25, 0.3) is 5.70 Å². The first-order valence-electron chi connectivity index (χ1n) is 9.82. The fourth-order valence-corrected chi connectivity index (χ4v) is 3.24. The fraction of sp³-hybridized carbons (Fsp3) is 0.182. The van der Waals surface area contributed by atoms with Gasteiger partial charge in [-0.25, -0.2) is 5.84 Å². The smallest absolute Gasteiger partial charge is 0.399 e. The van der Waals surface area contributed by atoms with Crippen LogP contribution in [0, 0.1) is 13.8 Å². The number of nitrogens with two attached hydrogens (primary N) is 3. The molecule has 1 amide bonds. The molecule has 8 nitrogen and oxygen atoms in total. The maximum absolute atomic E-state index is 13.0. The number of aromatic nitrogens is 2. The van der Waals surface area contributed by atoms with Crippen molar-refractivity contribution in [1.29, 1.82) is 0 Å². The highest BCUT2D eigenvalue weighted by Gasteiger charge is 2.31. The first-order valence-corrected chi connectivity index (χ1v) is 9.82. The Morgan fingerprint density at radius 3 is 2.48 bits per heavy atom. The summed E-state index contributed by atoms with van der Waals surface area (Å²) in [6.07, 6.45) is -1.33. The largest absolute Gasteiger partial charge is 0.416 e. The molecule has 0 unspecified atom stereocenters. The Labute approximate surface area is 188 Å². The number of amides is 1. The van der Waals surface area contributed by atoms with Gasteiger partial charge < -0.3 is 16.8 Å². The molecule has 0 aliphatic carbocycles. The number of alkyl halides is 3. The van der Waals surface area contributed by atoms with Crippen molar-refractivity contribution in [2.24, 2.45) is 18.6 Å². The Morgan fingerprint density at radius 2 is 1.88 bits per heavy atom. The first-order chi connectivity index (χ1) is 15.4. The molecule has 8 N–H and O–H groups in total. The summed E-state index contributed by atoms with van der Waals surface area (Å²) in [5.41, 5.74) is 14.1. The van der Waals surface area contributed by atoms with Gasteiger partial charge in [-0.05, 0) is 42.8 Å². The lowest BCUT2D eigenvalue weighted by atomic mass is 10.1. The average Bonchev–Trinajstić information content (AvgIpc) is 3.05. The molecule has 0 fully saturated rings. The summed E-state index contributed by atoms with van der Waals surface area (Å²) in [4.78, 5) is 12.7. The van der Waals surface area contributed by atoms with Gasteiger partial charge >= 0.3 is 6.18 Å². The lowest BCUT2D eigenvalue weighted by Crippen LogP contribution is -2.33. The maximum Gasteiger partial charge on any atom is 0.416 e. The number of halogens is 3. The molecular formula is C22H25F3N7O+. The van der Waals surface area contributed by atoms with Crippen LogP contribution in [0.3, 0.4) is 0 Å². The topological polar surface area (TPSA) is 130 Å². The van der Waals surface area contributed by atoms with Crippen LogP contribution in [0.2, 0.25) is 0 Å². The molecule has 0 spiro atoms. The van der Waals surface area contributed by atoms with Crippen molar-refractivity contribution in [2.75, 3.05) is 16.1 Å². The van der Waals surface area contributed by atoms with E-state index in [1.165, 1.54) is 23.3 Å². The van der Waals surface area contributed by atoms with Crippen molar-refractivity contribution in [3.8, 4) is 0 Å². The Hall–Kier alpha value is -3.99. The zero-order valence-corrected chi connectivity index (χ0v) is 18.3. The van der Waals surface area contributed by atoms with Crippen molar-refractivity contribution in [2.45, 2.75) is 20.0 Å². The van der Waals surface area contributed by atoms with Gasteiger partial charge in [0, 0.05) is 30.1 Å². The molecule has 33 heavy (non-hydrogen) atoms. The van der Waals surface area contributed by atoms with E-state index in [4.69, 9.17) is 17.3 Å². The fourth-order valence-electron chi connectivity index (χ4n) is 3.24. The summed E-state index contributed by atoms with van der Waals surface area (Å²) in [5.74, 6) is 5.57. The zero-order valence-electron chi connectivity index (χ0n) is 18.3. The van der Waals surface area contributed by atoms with Crippen LogP contribution >= 0.6 is 0 Å². The Bertz CT molecular complexity index is 1230. The minimum absolute atomic E-state index is 0.0704. The number of benzene rings is 2. The van der Waals surface area contributed by atoms with Gasteiger partial charge in [-0.3, -0.25) is 9.80 Å². The Kier molecular flexibility index (Phi) is 6.36. The second-order valence-corrected chi connectivity index (χ2v) is 7.62. The van der Waals surface area contributed by atoms with E-state index in [1.807, 2.05) is 14.0 Å². The van der Waals surface area contributed by atoms with Crippen LogP contribution in [0.5, 0.6) is 0 Å². The van der Waals surface area contributed by atoms with E-state index in [-0.39, 0.29) is 16.9 Å². The molecule has 11 heteroatoms. The third-order valence-electron chi connectivity index (χ3n) is 5.17. The first kappa shape index (κ1) is 23.7. The number of nitrogen functional groups attached to an aromatic ring is 1. The number of rotatable bonds is 5. The zero-order chi connectivity index (χ0) is 24.5. The highest BCUT2D eigenvalue weighted by Crippen LogP contribution is 2.33. The lowest BCUT2D eigenvalue weighted by molar-refractivity contribution is -0.732.